The second-order valence-corrected chi connectivity index (χ2v) is 6.08. The van der Waals surface area contributed by atoms with Crippen molar-refractivity contribution in [3.05, 3.63) is 56.3 Å². The van der Waals surface area contributed by atoms with Gasteiger partial charge in [-0.05, 0) is 30.0 Å². The molecule has 8 nitrogen and oxygen atoms in total. The highest BCUT2D eigenvalue weighted by molar-refractivity contribution is 7.10. The Labute approximate surface area is 153 Å². The second kappa shape index (κ2) is 8.77. The van der Waals surface area contributed by atoms with Crippen molar-refractivity contribution in [1.29, 1.82) is 0 Å². The monoisotopic (exact) mass is 376 g/mol. The van der Waals surface area contributed by atoms with Gasteiger partial charge in [0.1, 0.15) is 0 Å². The quantitative estimate of drug-likeness (QED) is 0.344. The average Bonchev–Trinajstić information content (AvgIpc) is 3.13. The largest absolute Gasteiger partial charge is 0.490 e. The molecule has 2 rings (SSSR count). The molecule has 1 aromatic heterocycles. The minimum Gasteiger partial charge on any atom is -0.490 e. The second-order valence-electron chi connectivity index (χ2n) is 5.10. The summed E-state index contributed by atoms with van der Waals surface area (Å²) in [5.74, 6) is -1.19. The number of ether oxygens (including phenoxy) is 2. The molecule has 0 bridgehead atoms. The van der Waals surface area contributed by atoms with Gasteiger partial charge >= 0.3 is 11.7 Å². The smallest absolute Gasteiger partial charge is 0.331 e. The summed E-state index contributed by atoms with van der Waals surface area (Å²) < 4.78 is 9.82. The van der Waals surface area contributed by atoms with E-state index in [1.54, 1.807) is 13.0 Å². The maximum atomic E-state index is 11.9. The van der Waals surface area contributed by atoms with Crippen LogP contribution in [-0.4, -0.2) is 30.5 Å². The number of thiophene rings is 1. The van der Waals surface area contributed by atoms with Crippen LogP contribution in [0.5, 0.6) is 5.75 Å². The summed E-state index contributed by atoms with van der Waals surface area (Å²) in [4.78, 5) is 34.8. The molecule has 0 fully saturated rings. The summed E-state index contributed by atoms with van der Waals surface area (Å²) in [7, 11) is 1.30. The van der Waals surface area contributed by atoms with Gasteiger partial charge in [-0.3, -0.25) is 14.9 Å². The lowest BCUT2D eigenvalue weighted by Gasteiger charge is -2.10. The highest BCUT2D eigenvalue weighted by Crippen LogP contribution is 2.32. The average molecular weight is 376 g/mol. The molecule has 0 unspecified atom stereocenters. The molecule has 0 atom stereocenters. The molecule has 2 aromatic rings. The molecule has 0 radical (unpaired) electrons. The molecule has 0 aliphatic rings. The van der Waals surface area contributed by atoms with Crippen LogP contribution in [0.2, 0.25) is 0 Å². The van der Waals surface area contributed by atoms with Crippen LogP contribution in [0.1, 0.15) is 10.4 Å². The number of methoxy groups -OCH3 is 1. The third kappa shape index (κ3) is 5.15. The number of benzene rings is 1. The summed E-state index contributed by atoms with van der Waals surface area (Å²) in [6.45, 7) is 1.13. The summed E-state index contributed by atoms with van der Waals surface area (Å²) in [6, 6.07) is 6.34. The van der Waals surface area contributed by atoms with Crippen molar-refractivity contribution in [2.24, 2.45) is 0 Å². The number of esters is 1. The van der Waals surface area contributed by atoms with E-state index < -0.39 is 23.4 Å². The van der Waals surface area contributed by atoms with Gasteiger partial charge in [-0.25, -0.2) is 4.79 Å². The van der Waals surface area contributed by atoms with E-state index >= 15 is 0 Å². The molecule has 0 spiro atoms. The van der Waals surface area contributed by atoms with Gasteiger partial charge in [0, 0.05) is 28.8 Å². The SMILES string of the molecule is COc1cc(NC(=O)COC(=O)/C=C/c2cccs2)c(C)cc1[N+](=O)[O-]. The zero-order valence-electron chi connectivity index (χ0n) is 14.1. The molecule has 0 aliphatic heterocycles. The lowest BCUT2D eigenvalue weighted by molar-refractivity contribution is -0.385. The molecule has 9 heteroatoms. The number of carbonyl (C=O) groups is 2. The Hall–Kier alpha value is -3.20. The first-order valence-electron chi connectivity index (χ1n) is 7.42. The third-order valence-electron chi connectivity index (χ3n) is 3.27. The van der Waals surface area contributed by atoms with Crippen molar-refractivity contribution in [1.82, 2.24) is 0 Å². The van der Waals surface area contributed by atoms with E-state index in [9.17, 15) is 19.7 Å². The molecule has 1 amide bonds. The highest BCUT2D eigenvalue weighted by Gasteiger charge is 2.18. The third-order valence-corrected chi connectivity index (χ3v) is 4.11. The number of rotatable bonds is 7. The fourth-order valence-electron chi connectivity index (χ4n) is 2.02. The summed E-state index contributed by atoms with van der Waals surface area (Å²) in [5, 5.41) is 15.4. The topological polar surface area (TPSA) is 108 Å². The molecule has 1 N–H and O–H groups in total. The zero-order chi connectivity index (χ0) is 19.1. The Morgan fingerprint density at radius 3 is 2.77 bits per heavy atom. The molecule has 1 aromatic carbocycles. The van der Waals surface area contributed by atoms with Crippen molar-refractivity contribution in [2.75, 3.05) is 19.0 Å². The van der Waals surface area contributed by atoms with Crippen LogP contribution in [0, 0.1) is 17.0 Å². The Balaban J connectivity index is 1.95. The van der Waals surface area contributed by atoms with Gasteiger partial charge in [0.15, 0.2) is 12.4 Å². The number of anilines is 1. The summed E-state index contributed by atoms with van der Waals surface area (Å²) in [5.41, 5.74) is 0.616. The molecule has 0 saturated heterocycles. The number of nitro benzene ring substituents is 1. The number of amides is 1. The van der Waals surface area contributed by atoms with Crippen LogP contribution in [0.4, 0.5) is 11.4 Å². The van der Waals surface area contributed by atoms with E-state index in [0.29, 0.717) is 11.3 Å². The molecule has 1 heterocycles. The number of hydrogen-bond donors (Lipinski definition) is 1. The Morgan fingerprint density at radius 2 is 2.15 bits per heavy atom. The number of hydrogen-bond acceptors (Lipinski definition) is 7. The van der Waals surface area contributed by atoms with Crippen molar-refractivity contribution in [3.8, 4) is 5.75 Å². The predicted molar refractivity (Wildman–Crippen MR) is 97.3 cm³/mol. The fourth-order valence-corrected chi connectivity index (χ4v) is 2.64. The molecular formula is C17H16N2O6S. The van der Waals surface area contributed by atoms with E-state index in [2.05, 4.69) is 5.32 Å². The first-order valence-corrected chi connectivity index (χ1v) is 8.30. The van der Waals surface area contributed by atoms with Crippen LogP contribution in [0.15, 0.2) is 35.7 Å². The van der Waals surface area contributed by atoms with E-state index in [0.717, 1.165) is 4.88 Å². The zero-order valence-corrected chi connectivity index (χ0v) is 14.9. The Morgan fingerprint density at radius 1 is 1.38 bits per heavy atom. The van der Waals surface area contributed by atoms with Crippen LogP contribution in [0.25, 0.3) is 6.08 Å². The number of carbonyl (C=O) groups excluding carboxylic acids is 2. The number of nitrogens with one attached hydrogen (secondary N) is 1. The Bertz CT molecular complexity index is 845. The highest BCUT2D eigenvalue weighted by atomic mass is 32.1. The van der Waals surface area contributed by atoms with Crippen LogP contribution < -0.4 is 10.1 Å². The fraction of sp³-hybridized carbons (Fsp3) is 0.176. The standard InChI is InChI=1S/C17H16N2O6S/c1-11-8-14(19(22)23)15(24-2)9-13(11)18-16(20)10-25-17(21)6-5-12-4-3-7-26-12/h3-9H,10H2,1-2H3,(H,18,20)/b6-5+. The normalized spacial score (nSPS) is 10.5. The molecule has 136 valence electrons. The molecule has 0 aliphatic carbocycles. The Kier molecular flexibility index (Phi) is 6.45. The van der Waals surface area contributed by atoms with E-state index in [4.69, 9.17) is 9.47 Å². The minimum absolute atomic E-state index is 0.0202. The van der Waals surface area contributed by atoms with Crippen molar-refractivity contribution >= 4 is 40.7 Å². The lowest BCUT2D eigenvalue weighted by Crippen LogP contribution is -2.20. The minimum atomic E-state index is -0.647. The van der Waals surface area contributed by atoms with E-state index in [1.807, 2.05) is 17.5 Å². The maximum Gasteiger partial charge on any atom is 0.331 e. The number of nitrogens with zero attached hydrogens (tertiary/aromatic N) is 1. The number of aryl methyl sites for hydroxylation is 1. The van der Waals surface area contributed by atoms with Gasteiger partial charge in [0.2, 0.25) is 0 Å². The lowest BCUT2D eigenvalue weighted by atomic mass is 10.1. The summed E-state index contributed by atoms with van der Waals surface area (Å²) >= 11 is 1.47. The van der Waals surface area contributed by atoms with Crippen molar-refractivity contribution in [3.63, 3.8) is 0 Å². The maximum absolute atomic E-state index is 11.9. The van der Waals surface area contributed by atoms with E-state index in [-0.39, 0.29) is 11.4 Å². The first-order chi connectivity index (χ1) is 12.4. The molecule has 26 heavy (non-hydrogen) atoms. The van der Waals surface area contributed by atoms with Gasteiger partial charge in [-0.1, -0.05) is 6.07 Å². The predicted octanol–water partition coefficient (Wildman–Crippen LogP) is 3.17. The van der Waals surface area contributed by atoms with E-state index in [1.165, 1.54) is 36.7 Å². The summed E-state index contributed by atoms with van der Waals surface area (Å²) in [6.07, 6.45) is 2.83. The first kappa shape index (κ1) is 19.1. The number of nitro groups is 1. The van der Waals surface area contributed by atoms with Crippen LogP contribution in [0.3, 0.4) is 0 Å². The van der Waals surface area contributed by atoms with Gasteiger partial charge in [0.05, 0.1) is 12.0 Å². The van der Waals surface area contributed by atoms with Crippen molar-refractivity contribution in [2.45, 2.75) is 6.92 Å². The van der Waals surface area contributed by atoms with Crippen molar-refractivity contribution < 1.29 is 24.0 Å². The van der Waals surface area contributed by atoms with Gasteiger partial charge < -0.3 is 14.8 Å². The van der Waals surface area contributed by atoms with Crippen LogP contribution in [-0.2, 0) is 14.3 Å². The van der Waals surface area contributed by atoms with Crippen LogP contribution >= 0.6 is 11.3 Å². The van der Waals surface area contributed by atoms with Gasteiger partial charge in [-0.2, -0.15) is 0 Å². The van der Waals surface area contributed by atoms with Gasteiger partial charge in [0.25, 0.3) is 5.91 Å². The molecular weight excluding hydrogens is 360 g/mol. The molecule has 0 saturated carbocycles. The van der Waals surface area contributed by atoms with Gasteiger partial charge in [-0.15, -0.1) is 11.3 Å².